The maximum absolute atomic E-state index is 8.60. The molecule has 4 rings (SSSR count). The van der Waals surface area contributed by atoms with E-state index in [0.29, 0.717) is 13.2 Å². The van der Waals surface area contributed by atoms with Gasteiger partial charge in [0.25, 0.3) is 0 Å². The maximum Gasteiger partial charge on any atom is 0.166 e. The molecule has 0 saturated carbocycles. The Kier molecular flexibility index (Phi) is 19.5. The Bertz CT molecular complexity index is 1090. The summed E-state index contributed by atoms with van der Waals surface area (Å²) in [6, 6.07) is 26.1. The predicted molar refractivity (Wildman–Crippen MR) is 135 cm³/mol. The molecule has 0 radical (unpaired) electrons. The Morgan fingerprint density at radius 1 is 0.591 bits per heavy atom. The molecule has 3 aromatic carbocycles. The number of rotatable bonds is 2. The van der Waals surface area contributed by atoms with E-state index in [4.69, 9.17) is 51.5 Å². The molecular weight excluding hydrogens is 679 g/mol. The fraction of sp³-hybridized carbons (Fsp3) is 0.333. The van der Waals surface area contributed by atoms with E-state index >= 15 is 0 Å². The van der Waals surface area contributed by atoms with E-state index in [2.05, 4.69) is 28.1 Å². The first kappa shape index (κ1) is 39.8. The number of hydrogen-bond donors (Lipinski definition) is 5. The zero-order chi connectivity index (χ0) is 31.6. The van der Waals surface area contributed by atoms with E-state index in [1.54, 1.807) is 0 Å². The first-order chi connectivity index (χ1) is 20.4. The molecular formula is C27H35Cl2N3O11Zn. The molecule has 1 aliphatic heterocycles. The van der Waals surface area contributed by atoms with Gasteiger partial charge in [0.1, 0.15) is 30.5 Å². The molecule has 240 valence electrons. The van der Waals surface area contributed by atoms with Gasteiger partial charge in [-0.05, 0) is 24.3 Å². The normalized spacial score (nSPS) is 15.3. The molecule has 0 saturated heterocycles. The van der Waals surface area contributed by atoms with Gasteiger partial charge >= 0.3 is 0 Å². The summed E-state index contributed by atoms with van der Waals surface area (Å²) in [5.74, 6) is 2.53. The molecule has 0 aliphatic carbocycles. The van der Waals surface area contributed by atoms with Gasteiger partial charge in [-0.3, -0.25) is 0 Å². The molecule has 0 bridgehead atoms. The van der Waals surface area contributed by atoms with E-state index in [0.717, 1.165) is 67.6 Å². The molecule has 0 unspecified atom stereocenters. The van der Waals surface area contributed by atoms with Crippen LogP contribution < -0.4 is 58.1 Å². The minimum absolute atomic E-state index is 0. The second-order valence-electron chi connectivity index (χ2n) is 8.79. The number of halogens is 2. The molecule has 0 fully saturated rings. The van der Waals surface area contributed by atoms with E-state index in [1.165, 1.54) is 0 Å². The largest absolute Gasteiger partial charge is 0.489 e. The van der Waals surface area contributed by atoms with E-state index in [9.17, 15) is 0 Å². The first-order valence-corrected chi connectivity index (χ1v) is 15.4. The zero-order valence-electron chi connectivity index (χ0n) is 23.8. The number of fused-ring (bicyclic) bond motifs is 2. The standard InChI is InChI=1S/C27H33N3O3.2ClHO4.Zn/c1-2-10-24(11-3-1)33-25-20-31-26-12-6-4-8-22(26)18-29-16-14-28-15-17-30-19-23-9-5-7-13-27(23)32-21-25;2*2-1(3,4)5;/h1-13,25,28-30H,14-21H2;2*(H,2,3,4,5);. The Morgan fingerprint density at radius 2 is 0.955 bits per heavy atom. The van der Waals surface area contributed by atoms with Crippen molar-refractivity contribution in [2.45, 2.75) is 19.2 Å². The summed E-state index contributed by atoms with van der Waals surface area (Å²) < 4.78 is 84.1. The summed E-state index contributed by atoms with van der Waals surface area (Å²) in [7, 11) is -9.39. The van der Waals surface area contributed by atoms with Crippen LogP contribution in [0.2, 0.25) is 0 Å². The van der Waals surface area contributed by atoms with Crippen LogP contribution >= 0.6 is 0 Å². The molecule has 5 N–H and O–H groups in total. The van der Waals surface area contributed by atoms with Crippen molar-refractivity contribution in [1.82, 2.24) is 16.0 Å². The van der Waals surface area contributed by atoms with Crippen molar-refractivity contribution < 1.29 is 91.4 Å². The monoisotopic (exact) mass is 711 g/mol. The minimum atomic E-state index is -4.69. The van der Waals surface area contributed by atoms with Crippen molar-refractivity contribution in [3.05, 3.63) is 90.0 Å². The smallest absolute Gasteiger partial charge is 0.166 e. The second kappa shape index (κ2) is 21.5. The molecule has 0 aromatic heterocycles. The van der Waals surface area contributed by atoms with Crippen LogP contribution in [0, 0.1) is 20.5 Å². The summed E-state index contributed by atoms with van der Waals surface area (Å²) in [6.07, 6.45) is -0.266. The van der Waals surface area contributed by atoms with Gasteiger partial charge in [-0.15, -0.1) is 0 Å². The Hall–Kier alpha value is -2.18. The van der Waals surface area contributed by atoms with Crippen LogP contribution in [0.1, 0.15) is 11.1 Å². The van der Waals surface area contributed by atoms with Crippen LogP contribution in [0.25, 0.3) is 0 Å². The van der Waals surface area contributed by atoms with Gasteiger partial charge < -0.3 is 30.2 Å². The molecule has 1 heterocycles. The fourth-order valence-electron chi connectivity index (χ4n) is 3.68. The first-order valence-electron chi connectivity index (χ1n) is 12.9. The van der Waals surface area contributed by atoms with Crippen molar-refractivity contribution in [3.8, 4) is 17.2 Å². The van der Waals surface area contributed by atoms with Gasteiger partial charge in [0.15, 0.2) is 6.10 Å². The van der Waals surface area contributed by atoms with Gasteiger partial charge in [0.2, 0.25) is 0 Å². The van der Waals surface area contributed by atoms with Gasteiger partial charge in [-0.2, -0.15) is 28.0 Å². The third kappa shape index (κ3) is 20.7. The van der Waals surface area contributed by atoms with Gasteiger partial charge in [0, 0.05) is 69.9 Å². The van der Waals surface area contributed by atoms with Gasteiger partial charge in [-0.1, -0.05) is 54.6 Å². The predicted octanol–water partition coefficient (Wildman–Crippen LogP) is -4.88. The van der Waals surface area contributed by atoms with Crippen LogP contribution in [-0.4, -0.2) is 54.8 Å². The molecule has 1 aliphatic rings. The van der Waals surface area contributed by atoms with Crippen LogP contribution in [0.4, 0.5) is 0 Å². The minimum Gasteiger partial charge on any atom is -0.489 e. The Morgan fingerprint density at radius 3 is 1.39 bits per heavy atom. The number of ether oxygens (including phenoxy) is 3. The molecule has 17 heteroatoms. The average molecular weight is 714 g/mol. The van der Waals surface area contributed by atoms with Crippen molar-refractivity contribution in [3.63, 3.8) is 0 Å². The van der Waals surface area contributed by atoms with Crippen LogP contribution in [-0.2, 0) is 32.6 Å². The zero-order valence-corrected chi connectivity index (χ0v) is 28.3. The Labute approximate surface area is 272 Å². The summed E-state index contributed by atoms with van der Waals surface area (Å²) in [5, 5.41) is 10.4. The average Bonchev–Trinajstić information content (AvgIpc) is 2.93. The number of para-hydroxylation sites is 3. The Balaban J connectivity index is 0.000000765. The molecule has 0 atom stereocenters. The molecule has 14 nitrogen and oxygen atoms in total. The van der Waals surface area contributed by atoms with Crippen LogP contribution in [0.3, 0.4) is 0 Å². The number of benzene rings is 3. The molecule has 3 aromatic rings. The van der Waals surface area contributed by atoms with E-state index < -0.39 is 20.5 Å². The molecule has 0 amide bonds. The summed E-state index contributed by atoms with van der Waals surface area (Å²) in [6.45, 7) is 5.89. The van der Waals surface area contributed by atoms with Crippen LogP contribution in [0.5, 0.6) is 17.2 Å². The van der Waals surface area contributed by atoms with E-state index in [-0.39, 0.29) is 25.6 Å². The SMILES string of the molecule is [O-][Cl+3]([O-])([O-])O.[O-][Cl+3]([O-])([O-])O.[Zn].c1ccc(OC2COc3ccccc3CNCCNCCNCc3ccccc3OC2)cc1. The second-order valence-corrected chi connectivity index (χ2v) is 10.4. The van der Waals surface area contributed by atoms with Crippen molar-refractivity contribution in [2.24, 2.45) is 0 Å². The quantitative estimate of drug-likeness (QED) is 0.157. The van der Waals surface area contributed by atoms with Gasteiger partial charge in [0.05, 0.1) is 29.8 Å². The van der Waals surface area contributed by atoms with E-state index in [1.807, 2.05) is 66.7 Å². The third-order valence-corrected chi connectivity index (χ3v) is 5.43. The summed E-state index contributed by atoms with van der Waals surface area (Å²) >= 11 is 0. The van der Waals surface area contributed by atoms with Crippen LogP contribution in [0.15, 0.2) is 78.9 Å². The van der Waals surface area contributed by atoms with Gasteiger partial charge in [-0.25, -0.2) is 0 Å². The third-order valence-electron chi connectivity index (χ3n) is 5.43. The summed E-state index contributed by atoms with van der Waals surface area (Å²) in [4.78, 5) is 0. The fourth-order valence-corrected chi connectivity index (χ4v) is 3.68. The molecule has 44 heavy (non-hydrogen) atoms. The summed E-state index contributed by atoms with van der Waals surface area (Å²) in [5.41, 5.74) is 2.26. The topological polar surface area (TPSA) is 243 Å². The number of nitrogens with one attached hydrogen (secondary N) is 3. The maximum atomic E-state index is 8.60. The van der Waals surface area contributed by atoms with Crippen molar-refractivity contribution >= 4 is 0 Å². The van der Waals surface area contributed by atoms with Crippen molar-refractivity contribution in [1.29, 1.82) is 0 Å². The molecule has 0 spiro atoms. The van der Waals surface area contributed by atoms with Crippen molar-refractivity contribution in [2.75, 3.05) is 39.4 Å². The number of hydrogen-bond acceptors (Lipinski definition) is 14.